The van der Waals surface area contributed by atoms with Gasteiger partial charge in [-0.05, 0) is 36.9 Å². The Morgan fingerprint density at radius 1 is 0.966 bits per heavy atom. The van der Waals surface area contributed by atoms with Crippen LogP contribution in [0.25, 0.3) is 0 Å². The van der Waals surface area contributed by atoms with E-state index in [1.807, 2.05) is 0 Å². The molecule has 2 amide bonds. The van der Waals surface area contributed by atoms with E-state index in [1.54, 1.807) is 6.92 Å². The zero-order valence-corrected chi connectivity index (χ0v) is 19.8. The van der Waals surface area contributed by atoms with Gasteiger partial charge in [0.05, 0.1) is 25.3 Å². The zero-order valence-electron chi connectivity index (χ0n) is 18.8. The minimum Gasteiger partial charge on any atom is -0.452 e. The monoisotopic (exact) mass is 440 g/mol. The number of nitrogens with zero attached hydrogens (tertiary/aromatic N) is 2. The highest BCUT2D eigenvalue weighted by Crippen LogP contribution is 2.45. The van der Waals surface area contributed by atoms with E-state index in [0.717, 1.165) is 12.1 Å². The lowest BCUT2D eigenvalue weighted by molar-refractivity contribution is -0.217. The molecule has 0 bridgehead atoms. The van der Waals surface area contributed by atoms with E-state index in [4.69, 9.17) is 4.43 Å². The van der Waals surface area contributed by atoms with Crippen molar-refractivity contribution < 1.29 is 31.9 Å². The van der Waals surface area contributed by atoms with Crippen molar-refractivity contribution in [3.05, 3.63) is 0 Å². The maximum atomic E-state index is 13.3. The van der Waals surface area contributed by atoms with Gasteiger partial charge in [0.1, 0.15) is 0 Å². The molecule has 0 radical (unpaired) electrons. The molecule has 10 heteroatoms. The van der Waals surface area contributed by atoms with Crippen LogP contribution in [0.5, 0.6) is 0 Å². The second-order valence-corrected chi connectivity index (χ2v) is 14.2. The largest absolute Gasteiger partial charge is 0.473 e. The van der Waals surface area contributed by atoms with Crippen LogP contribution in [-0.4, -0.2) is 61.8 Å². The third-order valence-electron chi connectivity index (χ3n) is 6.02. The van der Waals surface area contributed by atoms with Crippen LogP contribution >= 0.6 is 0 Å². The van der Waals surface area contributed by atoms with Gasteiger partial charge in [-0.2, -0.15) is 13.2 Å². The Morgan fingerprint density at radius 2 is 1.41 bits per heavy atom. The second-order valence-electron chi connectivity index (χ2n) is 8.76. The summed E-state index contributed by atoms with van der Waals surface area (Å²) in [6, 6.07) is -1.66. The van der Waals surface area contributed by atoms with Gasteiger partial charge in [0.2, 0.25) is 8.32 Å². The molecule has 0 unspecified atom stereocenters. The summed E-state index contributed by atoms with van der Waals surface area (Å²) in [5.74, 6) is -2.10. The fraction of sp³-hybridized carbons (Fsp3) is 0.895. The molecule has 3 atom stereocenters. The molecule has 0 saturated carbocycles. The Kier molecular flexibility index (Phi) is 8.20. The Balaban J connectivity index is 3.42. The molecule has 0 aromatic rings. The molecule has 1 aliphatic heterocycles. The molecule has 0 aliphatic carbocycles. The number of hydrogen-bond acceptors (Lipinski definition) is 4. The molecule has 1 heterocycles. The quantitative estimate of drug-likeness (QED) is 0.558. The van der Waals surface area contributed by atoms with Gasteiger partial charge in [0.25, 0.3) is 0 Å². The Bertz CT molecular complexity index is 577. The minimum atomic E-state index is -5.12. The highest BCUT2D eigenvalue weighted by Gasteiger charge is 2.55. The van der Waals surface area contributed by atoms with Gasteiger partial charge < -0.3 is 9.16 Å². The van der Waals surface area contributed by atoms with Gasteiger partial charge in [-0.1, -0.05) is 41.5 Å². The van der Waals surface area contributed by atoms with Gasteiger partial charge >= 0.3 is 18.2 Å². The van der Waals surface area contributed by atoms with E-state index in [1.165, 1.54) is 6.92 Å². The van der Waals surface area contributed by atoms with Crippen molar-refractivity contribution in [2.45, 2.75) is 103 Å². The van der Waals surface area contributed by atoms with Crippen LogP contribution in [0, 0.1) is 0 Å². The lowest BCUT2D eigenvalue weighted by atomic mass is 10.0. The van der Waals surface area contributed by atoms with Gasteiger partial charge in [-0.15, -0.1) is 0 Å². The SMILES string of the molecule is COC(=O)N1[C@H](C)C[C@H](O[Si](C(C)C)(C(C)C)C(C)C)[C@H](C)N1C(=O)C(F)(F)F. The van der Waals surface area contributed by atoms with Crippen molar-refractivity contribution in [3.8, 4) is 0 Å². The number of hydrazine groups is 1. The second kappa shape index (κ2) is 9.24. The number of halogens is 3. The molecular formula is C19H35F3N2O4Si. The first-order valence-corrected chi connectivity index (χ1v) is 12.2. The number of amides is 2. The van der Waals surface area contributed by atoms with Gasteiger partial charge in [-0.25, -0.2) is 14.8 Å². The van der Waals surface area contributed by atoms with E-state index in [0.29, 0.717) is 11.4 Å². The molecular weight excluding hydrogens is 405 g/mol. The number of rotatable bonds is 5. The highest BCUT2D eigenvalue weighted by molar-refractivity contribution is 6.77. The van der Waals surface area contributed by atoms with Crippen molar-refractivity contribution >= 4 is 20.3 Å². The van der Waals surface area contributed by atoms with E-state index >= 15 is 0 Å². The molecule has 1 aliphatic rings. The van der Waals surface area contributed by atoms with Crippen LogP contribution in [0.1, 0.15) is 61.8 Å². The summed E-state index contributed by atoms with van der Waals surface area (Å²) in [6.45, 7) is 15.6. The molecule has 0 N–H and O–H groups in total. The molecule has 1 rings (SSSR count). The van der Waals surface area contributed by atoms with Crippen LogP contribution in [-0.2, 0) is 14.0 Å². The first kappa shape index (κ1) is 25.7. The fourth-order valence-corrected chi connectivity index (χ4v) is 10.4. The van der Waals surface area contributed by atoms with E-state index in [2.05, 4.69) is 46.3 Å². The summed E-state index contributed by atoms with van der Waals surface area (Å²) in [4.78, 5) is 24.4. The molecule has 0 aromatic carbocycles. The zero-order chi connectivity index (χ0) is 22.9. The van der Waals surface area contributed by atoms with E-state index < -0.39 is 44.7 Å². The summed E-state index contributed by atoms with van der Waals surface area (Å²) < 4.78 is 51.3. The average molecular weight is 441 g/mol. The van der Waals surface area contributed by atoms with Crippen molar-refractivity contribution in [2.75, 3.05) is 7.11 Å². The minimum absolute atomic E-state index is 0.232. The van der Waals surface area contributed by atoms with E-state index in [-0.39, 0.29) is 16.6 Å². The maximum absolute atomic E-state index is 13.3. The summed E-state index contributed by atoms with van der Waals surface area (Å²) in [6.07, 6.45) is -6.42. The number of ether oxygens (including phenoxy) is 1. The highest BCUT2D eigenvalue weighted by atomic mass is 28.4. The molecule has 170 valence electrons. The van der Waals surface area contributed by atoms with Crippen molar-refractivity contribution in [1.29, 1.82) is 0 Å². The molecule has 0 spiro atoms. The van der Waals surface area contributed by atoms with Gasteiger partial charge in [0, 0.05) is 0 Å². The first-order valence-electron chi connectivity index (χ1n) is 10.1. The van der Waals surface area contributed by atoms with Gasteiger partial charge in [0.15, 0.2) is 0 Å². The van der Waals surface area contributed by atoms with Crippen molar-refractivity contribution in [1.82, 2.24) is 10.0 Å². The normalized spacial score (nSPS) is 23.9. The van der Waals surface area contributed by atoms with Crippen molar-refractivity contribution in [2.24, 2.45) is 0 Å². The van der Waals surface area contributed by atoms with Crippen LogP contribution in [0.3, 0.4) is 0 Å². The van der Waals surface area contributed by atoms with Crippen LogP contribution in [0.4, 0.5) is 18.0 Å². The first-order chi connectivity index (χ1) is 13.1. The molecule has 29 heavy (non-hydrogen) atoms. The number of hydrogen-bond donors (Lipinski definition) is 0. The Morgan fingerprint density at radius 3 is 1.76 bits per heavy atom. The number of methoxy groups -OCH3 is 1. The lowest BCUT2D eigenvalue weighted by Gasteiger charge is -2.53. The van der Waals surface area contributed by atoms with Crippen molar-refractivity contribution in [3.63, 3.8) is 0 Å². The molecule has 0 aromatic heterocycles. The summed E-state index contributed by atoms with van der Waals surface area (Å²) in [5, 5.41) is 1.24. The molecule has 1 saturated heterocycles. The molecule has 6 nitrogen and oxygen atoms in total. The standard InChI is InChI=1S/C19H35F3N2O4Si/c1-11(2)29(12(3)4,13(5)6)28-16-10-14(7)23(18(26)27-9)24(15(16)8)17(25)19(20,21)22/h11-16H,10H2,1-9H3/t14-,15+,16+/m1/s1. The number of carbonyl (C=O) groups is 2. The predicted molar refractivity (Wildman–Crippen MR) is 107 cm³/mol. The topological polar surface area (TPSA) is 59.1 Å². The summed E-state index contributed by atoms with van der Waals surface area (Å²) in [7, 11) is -1.33. The smallest absolute Gasteiger partial charge is 0.452 e. The van der Waals surface area contributed by atoms with Crippen LogP contribution < -0.4 is 0 Å². The summed E-state index contributed by atoms with van der Waals surface area (Å²) in [5.41, 5.74) is 0.696. The van der Waals surface area contributed by atoms with Gasteiger partial charge in [-0.3, -0.25) is 4.79 Å². The number of alkyl halides is 3. The number of carbonyl (C=O) groups excluding carboxylic acids is 2. The van der Waals surface area contributed by atoms with Crippen LogP contribution in [0.15, 0.2) is 0 Å². The Labute approximate surface area is 172 Å². The third kappa shape index (κ3) is 4.90. The van der Waals surface area contributed by atoms with Crippen LogP contribution in [0.2, 0.25) is 16.6 Å². The average Bonchev–Trinajstić information content (AvgIpc) is 2.58. The van der Waals surface area contributed by atoms with E-state index in [9.17, 15) is 22.8 Å². The fourth-order valence-electron chi connectivity index (χ4n) is 4.79. The maximum Gasteiger partial charge on any atom is 0.473 e. The summed E-state index contributed by atoms with van der Waals surface area (Å²) >= 11 is 0. The lowest BCUT2D eigenvalue weighted by Crippen LogP contribution is -2.68. The third-order valence-corrected chi connectivity index (χ3v) is 12.1. The molecule has 1 fully saturated rings. The Hall–Kier alpha value is -1.29. The predicted octanol–water partition coefficient (Wildman–Crippen LogP) is 5.10.